The van der Waals surface area contributed by atoms with Crippen LogP contribution in [0.2, 0.25) is 10.0 Å². The second kappa shape index (κ2) is 8.91. The van der Waals surface area contributed by atoms with E-state index in [1.54, 1.807) is 24.3 Å². The highest BCUT2D eigenvalue weighted by atomic mass is 35.5. The minimum atomic E-state index is -0.382. The molecule has 0 aliphatic rings. The molecule has 6 heteroatoms. The van der Waals surface area contributed by atoms with Crippen LogP contribution in [0.25, 0.3) is 11.1 Å². The van der Waals surface area contributed by atoms with E-state index in [1.165, 1.54) is 0 Å². The second-order valence-electron chi connectivity index (χ2n) is 5.91. The molecule has 4 nitrogen and oxygen atoms in total. The molecule has 0 saturated heterocycles. The third-order valence-electron chi connectivity index (χ3n) is 4.00. The number of aliphatic hydroxyl groups excluding tert-OH is 1. The first-order chi connectivity index (χ1) is 13.1. The summed E-state index contributed by atoms with van der Waals surface area (Å²) in [5.41, 5.74) is 3.82. The number of hydrogen-bond acceptors (Lipinski definition) is 2. The number of anilines is 2. The third-order valence-corrected chi connectivity index (χ3v) is 4.57. The number of halogens is 2. The molecule has 0 radical (unpaired) electrons. The van der Waals surface area contributed by atoms with Crippen LogP contribution < -0.4 is 10.6 Å². The van der Waals surface area contributed by atoms with Gasteiger partial charge in [0.2, 0.25) is 0 Å². The van der Waals surface area contributed by atoms with E-state index < -0.39 is 0 Å². The van der Waals surface area contributed by atoms with Crippen molar-refractivity contribution in [2.45, 2.75) is 6.42 Å². The number of amides is 2. The second-order valence-corrected chi connectivity index (χ2v) is 6.76. The number of rotatable bonds is 5. The van der Waals surface area contributed by atoms with E-state index in [0.29, 0.717) is 27.8 Å². The largest absolute Gasteiger partial charge is 0.396 e. The molecule has 0 fully saturated rings. The maximum absolute atomic E-state index is 12.4. The molecule has 0 unspecified atom stereocenters. The predicted octanol–water partition coefficient (Wildman–Crippen LogP) is 5.84. The van der Waals surface area contributed by atoms with Gasteiger partial charge in [0.05, 0.1) is 0 Å². The number of carbonyl (C=O) groups excluding carboxylic acids is 1. The zero-order valence-corrected chi connectivity index (χ0v) is 15.9. The minimum Gasteiger partial charge on any atom is -0.396 e. The van der Waals surface area contributed by atoms with E-state index in [1.807, 2.05) is 42.5 Å². The van der Waals surface area contributed by atoms with Crippen molar-refractivity contribution >= 4 is 40.6 Å². The highest BCUT2D eigenvalue weighted by Gasteiger charge is 2.09. The predicted molar refractivity (Wildman–Crippen MR) is 112 cm³/mol. The Balaban J connectivity index is 1.76. The molecule has 0 spiro atoms. The van der Waals surface area contributed by atoms with Gasteiger partial charge in [-0.1, -0.05) is 53.5 Å². The summed E-state index contributed by atoms with van der Waals surface area (Å²) in [4.78, 5) is 12.4. The lowest BCUT2D eigenvalue weighted by Gasteiger charge is -2.13. The van der Waals surface area contributed by atoms with Crippen molar-refractivity contribution in [1.29, 1.82) is 0 Å². The van der Waals surface area contributed by atoms with Crippen LogP contribution in [0.3, 0.4) is 0 Å². The Morgan fingerprint density at radius 2 is 1.74 bits per heavy atom. The molecule has 3 rings (SSSR count). The number of aliphatic hydroxyl groups is 1. The zero-order chi connectivity index (χ0) is 19.2. The molecule has 3 aromatic carbocycles. The van der Waals surface area contributed by atoms with Gasteiger partial charge in [0, 0.05) is 33.6 Å². The summed E-state index contributed by atoms with van der Waals surface area (Å²) in [7, 11) is 0. The molecule has 0 aliphatic heterocycles. The molecular weight excluding hydrogens is 383 g/mol. The summed E-state index contributed by atoms with van der Waals surface area (Å²) in [6.45, 7) is -0.0312. The molecule has 3 aromatic rings. The number of carbonyl (C=O) groups is 1. The number of hydrogen-bond donors (Lipinski definition) is 3. The smallest absolute Gasteiger partial charge is 0.323 e. The molecule has 0 aromatic heterocycles. The molecule has 27 heavy (non-hydrogen) atoms. The monoisotopic (exact) mass is 400 g/mol. The van der Waals surface area contributed by atoms with Crippen LogP contribution in [0, 0.1) is 0 Å². The van der Waals surface area contributed by atoms with Gasteiger partial charge in [0.15, 0.2) is 0 Å². The van der Waals surface area contributed by atoms with E-state index in [9.17, 15) is 9.90 Å². The van der Waals surface area contributed by atoms with Crippen LogP contribution in [0.1, 0.15) is 5.56 Å². The molecule has 2 amide bonds. The van der Waals surface area contributed by atoms with Crippen LogP contribution in [-0.2, 0) is 6.42 Å². The Labute approximate surface area is 167 Å². The lowest BCUT2D eigenvalue weighted by atomic mass is 10.1. The van der Waals surface area contributed by atoms with E-state index in [-0.39, 0.29) is 12.6 Å². The zero-order valence-electron chi connectivity index (χ0n) is 14.4. The molecule has 138 valence electrons. The van der Waals surface area contributed by atoms with Gasteiger partial charge in [-0.25, -0.2) is 4.79 Å². The quantitative estimate of drug-likeness (QED) is 0.503. The van der Waals surface area contributed by atoms with Gasteiger partial charge in [0.25, 0.3) is 0 Å². The standard InChI is InChI=1S/C21H18Cl2N2O2/c22-16-8-9-20(15(12-16)10-11-26)25-21(27)24-17-5-3-4-14(13-17)18-6-1-2-7-19(18)23/h1-9,12-13,26H,10-11H2,(H2,24,25,27). The van der Waals surface area contributed by atoms with Gasteiger partial charge in [-0.05, 0) is 53.9 Å². The Hall–Kier alpha value is -2.53. The van der Waals surface area contributed by atoms with Crippen LogP contribution in [0.4, 0.5) is 16.2 Å². The SMILES string of the molecule is O=C(Nc1cccc(-c2ccccc2Cl)c1)Nc1ccc(Cl)cc1CCO. The highest BCUT2D eigenvalue weighted by molar-refractivity contribution is 6.33. The Morgan fingerprint density at radius 1 is 0.926 bits per heavy atom. The summed E-state index contributed by atoms with van der Waals surface area (Å²) >= 11 is 12.2. The summed E-state index contributed by atoms with van der Waals surface area (Å²) in [5.74, 6) is 0. The van der Waals surface area contributed by atoms with Crippen molar-refractivity contribution < 1.29 is 9.90 Å². The summed E-state index contributed by atoms with van der Waals surface area (Å²) in [6.07, 6.45) is 0.401. The van der Waals surface area contributed by atoms with Crippen molar-refractivity contribution in [2.24, 2.45) is 0 Å². The van der Waals surface area contributed by atoms with Crippen molar-refractivity contribution in [3.8, 4) is 11.1 Å². The van der Waals surface area contributed by atoms with Crippen LogP contribution in [0.5, 0.6) is 0 Å². The van der Waals surface area contributed by atoms with E-state index in [4.69, 9.17) is 23.2 Å². The summed E-state index contributed by atoms with van der Waals surface area (Å²) < 4.78 is 0. The van der Waals surface area contributed by atoms with Gasteiger partial charge >= 0.3 is 6.03 Å². The highest BCUT2D eigenvalue weighted by Crippen LogP contribution is 2.29. The normalized spacial score (nSPS) is 10.5. The third kappa shape index (κ3) is 5.01. The first kappa shape index (κ1) is 19.2. The Morgan fingerprint density at radius 3 is 2.52 bits per heavy atom. The molecule has 0 heterocycles. The fourth-order valence-corrected chi connectivity index (χ4v) is 3.20. The molecule has 0 bridgehead atoms. The number of nitrogens with one attached hydrogen (secondary N) is 2. The van der Waals surface area contributed by atoms with E-state index in [0.717, 1.165) is 16.7 Å². The first-order valence-electron chi connectivity index (χ1n) is 8.39. The average Bonchev–Trinajstić information content (AvgIpc) is 2.65. The number of urea groups is 1. The van der Waals surface area contributed by atoms with Gasteiger partial charge < -0.3 is 15.7 Å². The Bertz CT molecular complexity index is 960. The Kier molecular flexibility index (Phi) is 6.35. The van der Waals surface area contributed by atoms with Crippen LogP contribution >= 0.6 is 23.2 Å². The van der Waals surface area contributed by atoms with Crippen molar-refractivity contribution in [2.75, 3.05) is 17.2 Å². The number of benzene rings is 3. The molecule has 0 saturated carbocycles. The van der Waals surface area contributed by atoms with Gasteiger partial charge in [-0.15, -0.1) is 0 Å². The summed E-state index contributed by atoms with van der Waals surface area (Å²) in [5, 5.41) is 16.0. The fourth-order valence-electron chi connectivity index (χ4n) is 2.76. The van der Waals surface area contributed by atoms with E-state index in [2.05, 4.69) is 10.6 Å². The van der Waals surface area contributed by atoms with E-state index >= 15 is 0 Å². The lowest BCUT2D eigenvalue weighted by molar-refractivity contribution is 0.262. The van der Waals surface area contributed by atoms with Crippen LogP contribution in [0.15, 0.2) is 66.7 Å². The molecule has 0 aliphatic carbocycles. The maximum atomic E-state index is 12.4. The topological polar surface area (TPSA) is 61.4 Å². The average molecular weight is 401 g/mol. The minimum absolute atomic E-state index is 0.0312. The van der Waals surface area contributed by atoms with Crippen molar-refractivity contribution in [3.05, 3.63) is 82.3 Å². The summed E-state index contributed by atoms with van der Waals surface area (Å²) in [6, 6.07) is 19.7. The first-order valence-corrected chi connectivity index (χ1v) is 9.14. The van der Waals surface area contributed by atoms with Crippen molar-refractivity contribution in [3.63, 3.8) is 0 Å². The van der Waals surface area contributed by atoms with Gasteiger partial charge in [0.1, 0.15) is 0 Å². The maximum Gasteiger partial charge on any atom is 0.323 e. The molecule has 3 N–H and O–H groups in total. The van der Waals surface area contributed by atoms with Crippen molar-refractivity contribution in [1.82, 2.24) is 0 Å². The molecular formula is C21H18Cl2N2O2. The van der Waals surface area contributed by atoms with Gasteiger partial charge in [-0.2, -0.15) is 0 Å². The fraction of sp³-hybridized carbons (Fsp3) is 0.0952. The molecule has 0 atom stereocenters. The van der Waals surface area contributed by atoms with Crippen LogP contribution in [-0.4, -0.2) is 17.7 Å². The lowest BCUT2D eigenvalue weighted by Crippen LogP contribution is -2.20. The van der Waals surface area contributed by atoms with Gasteiger partial charge in [-0.3, -0.25) is 0 Å².